The average molecular weight is 419 g/mol. The van der Waals surface area contributed by atoms with Gasteiger partial charge in [-0.2, -0.15) is 5.10 Å². The van der Waals surface area contributed by atoms with Gasteiger partial charge >= 0.3 is 12.5 Å². The van der Waals surface area contributed by atoms with Crippen molar-refractivity contribution in [1.82, 2.24) is 14.7 Å². The predicted octanol–water partition coefficient (Wildman–Crippen LogP) is 4.94. The van der Waals surface area contributed by atoms with Crippen molar-refractivity contribution in [1.29, 1.82) is 0 Å². The molecule has 1 aromatic heterocycles. The van der Waals surface area contributed by atoms with Gasteiger partial charge in [0.1, 0.15) is 18.1 Å². The molecule has 1 amide bonds. The second kappa shape index (κ2) is 8.48. The molecule has 0 saturated carbocycles. The van der Waals surface area contributed by atoms with Crippen LogP contribution in [-0.2, 0) is 11.3 Å². The van der Waals surface area contributed by atoms with Crippen LogP contribution in [0.3, 0.4) is 0 Å². The van der Waals surface area contributed by atoms with E-state index in [-0.39, 0.29) is 12.4 Å². The zero-order valence-corrected chi connectivity index (χ0v) is 16.6. The number of hydrogen-bond donors (Lipinski definition) is 0. The molecule has 0 N–H and O–H groups in total. The van der Waals surface area contributed by atoms with E-state index in [9.17, 15) is 18.0 Å². The molecule has 0 fully saturated rings. The molecule has 0 bridgehead atoms. The van der Waals surface area contributed by atoms with Gasteiger partial charge in [-0.25, -0.2) is 9.48 Å². The van der Waals surface area contributed by atoms with E-state index in [4.69, 9.17) is 4.74 Å². The summed E-state index contributed by atoms with van der Waals surface area (Å²) in [5, 5.41) is 4.44. The van der Waals surface area contributed by atoms with Crippen molar-refractivity contribution in [2.45, 2.75) is 19.9 Å². The number of nitrogens with zero attached hydrogens (tertiary/aromatic N) is 3. The Morgan fingerprint density at radius 1 is 1.10 bits per heavy atom. The summed E-state index contributed by atoms with van der Waals surface area (Å²) in [4.78, 5) is 12.9. The number of ether oxygens (including phenoxy) is 2. The third-order valence-corrected chi connectivity index (χ3v) is 4.16. The SMILES string of the molecule is Cc1cc(COC(=O)N(C)C)nn1-c1cccc(-c2ccccc2OC(F)(F)F)c1. The molecular formula is C21H20F3N3O3. The van der Waals surface area contributed by atoms with Gasteiger partial charge in [0, 0.05) is 25.4 Å². The Bertz CT molecular complexity index is 1050. The molecule has 0 aliphatic rings. The van der Waals surface area contributed by atoms with Crippen molar-refractivity contribution in [3.05, 3.63) is 66.0 Å². The Kier molecular flexibility index (Phi) is 6.00. The maximum Gasteiger partial charge on any atom is 0.573 e. The van der Waals surface area contributed by atoms with Crippen molar-refractivity contribution < 1.29 is 27.4 Å². The first-order valence-electron chi connectivity index (χ1n) is 8.99. The second-order valence-electron chi connectivity index (χ2n) is 6.73. The number of carbonyl (C=O) groups excluding carboxylic acids is 1. The molecule has 3 aromatic rings. The topological polar surface area (TPSA) is 56.6 Å². The highest BCUT2D eigenvalue weighted by molar-refractivity contribution is 5.72. The number of aryl methyl sites for hydroxylation is 1. The molecule has 0 aliphatic heterocycles. The summed E-state index contributed by atoms with van der Waals surface area (Å²) in [5.41, 5.74) is 2.83. The summed E-state index contributed by atoms with van der Waals surface area (Å²) < 4.78 is 49.2. The molecule has 0 spiro atoms. The molecule has 9 heteroatoms. The van der Waals surface area contributed by atoms with E-state index in [0.717, 1.165) is 5.69 Å². The number of rotatable bonds is 5. The first-order chi connectivity index (χ1) is 14.1. The summed E-state index contributed by atoms with van der Waals surface area (Å²) in [7, 11) is 3.16. The van der Waals surface area contributed by atoms with E-state index in [1.807, 2.05) is 6.92 Å². The number of alkyl halides is 3. The highest BCUT2D eigenvalue weighted by Crippen LogP contribution is 2.34. The molecule has 2 aromatic carbocycles. The highest BCUT2D eigenvalue weighted by atomic mass is 19.4. The lowest BCUT2D eigenvalue weighted by atomic mass is 10.0. The normalized spacial score (nSPS) is 11.3. The smallest absolute Gasteiger partial charge is 0.443 e. The van der Waals surface area contributed by atoms with Crippen molar-refractivity contribution in [3.8, 4) is 22.6 Å². The molecule has 0 saturated heterocycles. The van der Waals surface area contributed by atoms with Crippen molar-refractivity contribution >= 4 is 6.09 Å². The lowest BCUT2D eigenvalue weighted by Crippen LogP contribution is -2.22. The lowest BCUT2D eigenvalue weighted by molar-refractivity contribution is -0.274. The van der Waals surface area contributed by atoms with Crippen LogP contribution in [0.2, 0.25) is 0 Å². The monoisotopic (exact) mass is 419 g/mol. The van der Waals surface area contributed by atoms with E-state index in [1.165, 1.54) is 17.0 Å². The largest absolute Gasteiger partial charge is 0.573 e. The van der Waals surface area contributed by atoms with Gasteiger partial charge in [0.05, 0.1) is 5.69 Å². The maximum atomic E-state index is 12.7. The van der Waals surface area contributed by atoms with Crippen molar-refractivity contribution in [2.75, 3.05) is 14.1 Å². The van der Waals surface area contributed by atoms with Crippen LogP contribution in [0.25, 0.3) is 16.8 Å². The predicted molar refractivity (Wildman–Crippen MR) is 104 cm³/mol. The number of aromatic nitrogens is 2. The van der Waals surface area contributed by atoms with Crippen molar-refractivity contribution in [3.63, 3.8) is 0 Å². The van der Waals surface area contributed by atoms with Gasteiger partial charge in [-0.05, 0) is 36.8 Å². The van der Waals surface area contributed by atoms with E-state index in [2.05, 4.69) is 9.84 Å². The van der Waals surface area contributed by atoms with Crippen LogP contribution in [0, 0.1) is 6.92 Å². The Hall–Kier alpha value is -3.49. The van der Waals surface area contributed by atoms with Crippen molar-refractivity contribution in [2.24, 2.45) is 0 Å². The Balaban J connectivity index is 1.90. The van der Waals surface area contributed by atoms with E-state index < -0.39 is 12.5 Å². The van der Waals surface area contributed by atoms with E-state index >= 15 is 0 Å². The second-order valence-corrected chi connectivity index (χ2v) is 6.73. The lowest BCUT2D eigenvalue weighted by Gasteiger charge is -2.14. The van der Waals surface area contributed by atoms with Crippen LogP contribution in [-0.4, -0.2) is 41.2 Å². The molecule has 30 heavy (non-hydrogen) atoms. The summed E-state index contributed by atoms with van der Waals surface area (Å²) in [6.07, 6.45) is -5.27. The van der Waals surface area contributed by atoms with Gasteiger partial charge in [0.15, 0.2) is 0 Å². The van der Waals surface area contributed by atoms with Gasteiger partial charge in [0.2, 0.25) is 0 Å². The minimum absolute atomic E-state index is 0.00675. The summed E-state index contributed by atoms with van der Waals surface area (Å²) in [6, 6.07) is 14.6. The minimum Gasteiger partial charge on any atom is -0.443 e. The van der Waals surface area contributed by atoms with E-state index in [1.54, 1.807) is 61.2 Å². The molecule has 158 valence electrons. The molecule has 3 rings (SSSR count). The van der Waals surface area contributed by atoms with Gasteiger partial charge in [-0.1, -0.05) is 30.3 Å². The zero-order valence-electron chi connectivity index (χ0n) is 16.6. The van der Waals surface area contributed by atoms with Gasteiger partial charge < -0.3 is 14.4 Å². The van der Waals surface area contributed by atoms with Gasteiger partial charge in [-0.3, -0.25) is 0 Å². The highest BCUT2D eigenvalue weighted by Gasteiger charge is 2.32. The molecule has 0 atom stereocenters. The molecule has 6 nitrogen and oxygen atoms in total. The van der Waals surface area contributed by atoms with Crippen LogP contribution in [0.1, 0.15) is 11.4 Å². The standard InChI is InChI=1S/C21H20F3N3O3/c1-14-11-16(13-29-20(28)26(2)3)25-27(14)17-8-6-7-15(12-17)18-9-4-5-10-19(18)30-21(22,23)24/h4-12H,13H2,1-3H3. The molecular weight excluding hydrogens is 399 g/mol. The number of para-hydroxylation sites is 1. The minimum atomic E-state index is -4.79. The fourth-order valence-corrected chi connectivity index (χ4v) is 2.86. The Morgan fingerprint density at radius 2 is 1.83 bits per heavy atom. The van der Waals surface area contributed by atoms with Crippen LogP contribution >= 0.6 is 0 Å². The number of halogens is 3. The number of carbonyl (C=O) groups is 1. The number of benzene rings is 2. The zero-order chi connectivity index (χ0) is 21.9. The molecule has 0 radical (unpaired) electrons. The molecule has 1 heterocycles. The fourth-order valence-electron chi connectivity index (χ4n) is 2.86. The Morgan fingerprint density at radius 3 is 2.53 bits per heavy atom. The fraction of sp³-hybridized carbons (Fsp3) is 0.238. The van der Waals surface area contributed by atoms with Crippen LogP contribution in [0.4, 0.5) is 18.0 Å². The first kappa shape index (κ1) is 21.2. The third kappa shape index (κ3) is 5.11. The first-order valence-corrected chi connectivity index (χ1v) is 8.99. The third-order valence-electron chi connectivity index (χ3n) is 4.16. The van der Waals surface area contributed by atoms with Crippen LogP contribution in [0.15, 0.2) is 54.6 Å². The summed E-state index contributed by atoms with van der Waals surface area (Å²) in [6.45, 7) is 1.84. The van der Waals surface area contributed by atoms with E-state index in [0.29, 0.717) is 22.5 Å². The van der Waals surface area contributed by atoms with Gasteiger partial charge in [-0.15, -0.1) is 13.2 Å². The number of amides is 1. The Labute approximate surface area is 171 Å². The average Bonchev–Trinajstić information content (AvgIpc) is 3.06. The van der Waals surface area contributed by atoms with Crippen LogP contribution in [0.5, 0.6) is 5.75 Å². The summed E-state index contributed by atoms with van der Waals surface area (Å²) >= 11 is 0. The molecule has 0 aliphatic carbocycles. The van der Waals surface area contributed by atoms with Crippen LogP contribution < -0.4 is 4.74 Å². The summed E-state index contributed by atoms with van der Waals surface area (Å²) in [5.74, 6) is -0.282. The molecule has 0 unspecified atom stereocenters. The maximum absolute atomic E-state index is 12.7. The quantitative estimate of drug-likeness (QED) is 0.588. The van der Waals surface area contributed by atoms with Gasteiger partial charge in [0.25, 0.3) is 0 Å². The number of hydrogen-bond acceptors (Lipinski definition) is 4.